The van der Waals surface area contributed by atoms with E-state index in [4.69, 9.17) is 11.6 Å². The van der Waals surface area contributed by atoms with E-state index in [1.165, 1.54) is 12.1 Å². The molecule has 0 bridgehead atoms. The van der Waals surface area contributed by atoms with E-state index in [9.17, 15) is 22.8 Å². The highest BCUT2D eigenvalue weighted by molar-refractivity contribution is 6.31. The number of nitrogens with one attached hydrogen (secondary N) is 1. The van der Waals surface area contributed by atoms with Crippen LogP contribution in [0.15, 0.2) is 48.6 Å². The van der Waals surface area contributed by atoms with Crippen molar-refractivity contribution in [1.29, 1.82) is 0 Å². The summed E-state index contributed by atoms with van der Waals surface area (Å²) >= 11 is 5.57. The third-order valence-electron chi connectivity index (χ3n) is 2.78. The van der Waals surface area contributed by atoms with Gasteiger partial charge in [0.1, 0.15) is 5.82 Å². The van der Waals surface area contributed by atoms with Crippen molar-refractivity contribution in [3.05, 3.63) is 76.6 Å². The average molecular weight is 340 g/mol. The van der Waals surface area contributed by atoms with Crippen LogP contribution in [-0.2, 0) is 4.79 Å². The van der Waals surface area contributed by atoms with Crippen molar-refractivity contribution in [2.45, 2.75) is 0 Å². The molecule has 0 aliphatic heterocycles. The maximum atomic E-state index is 13.0. The molecule has 3 nitrogen and oxygen atoms in total. The van der Waals surface area contributed by atoms with Crippen molar-refractivity contribution in [1.82, 2.24) is 0 Å². The zero-order chi connectivity index (χ0) is 17.0. The zero-order valence-electron chi connectivity index (χ0n) is 11.4. The van der Waals surface area contributed by atoms with E-state index < -0.39 is 29.1 Å². The first-order valence-corrected chi connectivity index (χ1v) is 6.68. The maximum Gasteiger partial charge on any atom is 0.248 e. The Morgan fingerprint density at radius 2 is 1.61 bits per heavy atom. The third-order valence-corrected chi connectivity index (χ3v) is 3.07. The number of ketones is 1. The molecule has 0 atom stereocenters. The fraction of sp³-hybridized carbons (Fsp3) is 0. The second-order valence-electron chi connectivity index (χ2n) is 4.44. The SMILES string of the molecule is O=C(/C=C/C(=O)c1ccc(F)c(F)c1)Nc1ccc(F)c(Cl)c1. The topological polar surface area (TPSA) is 46.2 Å². The first kappa shape index (κ1) is 16.8. The van der Waals surface area contributed by atoms with Gasteiger partial charge in [-0.25, -0.2) is 13.2 Å². The van der Waals surface area contributed by atoms with Gasteiger partial charge in [0.15, 0.2) is 17.4 Å². The number of allylic oxidation sites excluding steroid dienone is 1. The number of carbonyl (C=O) groups is 2. The summed E-state index contributed by atoms with van der Waals surface area (Å²) in [5.74, 6) is -4.19. The van der Waals surface area contributed by atoms with Gasteiger partial charge < -0.3 is 5.32 Å². The Morgan fingerprint density at radius 3 is 2.26 bits per heavy atom. The molecule has 7 heteroatoms. The van der Waals surface area contributed by atoms with E-state index in [1.807, 2.05) is 0 Å². The number of halogens is 4. The third kappa shape index (κ3) is 4.43. The smallest absolute Gasteiger partial charge is 0.248 e. The molecule has 0 unspecified atom stereocenters. The Labute approximate surface area is 134 Å². The van der Waals surface area contributed by atoms with Crippen molar-refractivity contribution in [2.75, 3.05) is 5.32 Å². The molecule has 2 rings (SSSR count). The van der Waals surface area contributed by atoms with E-state index in [1.54, 1.807) is 0 Å². The summed E-state index contributed by atoms with van der Waals surface area (Å²) in [5.41, 5.74) is 0.143. The molecule has 0 aromatic heterocycles. The van der Waals surface area contributed by atoms with Crippen LogP contribution in [0.3, 0.4) is 0 Å². The standard InChI is InChI=1S/C16H9ClF3NO2/c17-11-8-10(2-4-12(11)18)21-16(23)6-5-15(22)9-1-3-13(19)14(20)7-9/h1-8H,(H,21,23)/b6-5+. The Bertz CT molecular complexity index is 806. The highest BCUT2D eigenvalue weighted by Crippen LogP contribution is 2.19. The number of carbonyl (C=O) groups excluding carboxylic acids is 2. The molecule has 1 amide bonds. The summed E-state index contributed by atoms with van der Waals surface area (Å²) in [6, 6.07) is 6.23. The minimum Gasteiger partial charge on any atom is -0.322 e. The van der Waals surface area contributed by atoms with E-state index in [2.05, 4.69) is 5.32 Å². The van der Waals surface area contributed by atoms with Crippen LogP contribution in [-0.4, -0.2) is 11.7 Å². The molecule has 23 heavy (non-hydrogen) atoms. The minimum absolute atomic E-state index is 0.0993. The minimum atomic E-state index is -1.16. The zero-order valence-corrected chi connectivity index (χ0v) is 12.2. The fourth-order valence-electron chi connectivity index (χ4n) is 1.65. The van der Waals surface area contributed by atoms with Gasteiger partial charge in [0.25, 0.3) is 0 Å². The molecule has 1 N–H and O–H groups in total. The van der Waals surface area contributed by atoms with Gasteiger partial charge in [-0.3, -0.25) is 9.59 Å². The number of benzene rings is 2. The number of anilines is 1. The van der Waals surface area contributed by atoms with Gasteiger partial charge in [-0.05, 0) is 42.5 Å². The summed E-state index contributed by atoms with van der Waals surface area (Å²) in [5, 5.41) is 2.21. The van der Waals surface area contributed by atoms with Crippen LogP contribution >= 0.6 is 11.6 Å². The van der Waals surface area contributed by atoms with Crippen molar-refractivity contribution in [3.8, 4) is 0 Å². The normalized spacial score (nSPS) is 10.8. The van der Waals surface area contributed by atoms with Gasteiger partial charge in [-0.15, -0.1) is 0 Å². The van der Waals surface area contributed by atoms with Crippen LogP contribution in [0.25, 0.3) is 0 Å². The largest absolute Gasteiger partial charge is 0.322 e. The molecule has 0 saturated carbocycles. The van der Waals surface area contributed by atoms with Crippen LogP contribution in [0.5, 0.6) is 0 Å². The van der Waals surface area contributed by atoms with E-state index in [0.717, 1.165) is 36.4 Å². The molecule has 0 aliphatic rings. The predicted molar refractivity (Wildman–Crippen MR) is 79.9 cm³/mol. The molecule has 118 valence electrons. The van der Waals surface area contributed by atoms with E-state index in [0.29, 0.717) is 0 Å². The summed E-state index contributed by atoms with van der Waals surface area (Å²) in [4.78, 5) is 23.4. The highest BCUT2D eigenvalue weighted by Gasteiger charge is 2.08. The van der Waals surface area contributed by atoms with Gasteiger partial charge >= 0.3 is 0 Å². The molecule has 0 spiro atoms. The molecule has 2 aromatic rings. The number of rotatable bonds is 4. The molecule has 0 heterocycles. The van der Waals surface area contributed by atoms with Crippen molar-refractivity contribution >= 4 is 29.0 Å². The molecule has 2 aromatic carbocycles. The molecule has 0 fully saturated rings. The highest BCUT2D eigenvalue weighted by atomic mass is 35.5. The summed E-state index contributed by atoms with van der Waals surface area (Å²) in [7, 11) is 0. The van der Waals surface area contributed by atoms with E-state index in [-0.39, 0.29) is 16.3 Å². The Morgan fingerprint density at radius 1 is 0.913 bits per heavy atom. The summed E-state index contributed by atoms with van der Waals surface area (Å²) in [6.07, 6.45) is 1.83. The Kier molecular flexibility index (Phi) is 5.18. The maximum absolute atomic E-state index is 13.0. The van der Waals surface area contributed by atoms with Gasteiger partial charge in [-0.1, -0.05) is 11.6 Å². The van der Waals surface area contributed by atoms with Crippen LogP contribution in [0.2, 0.25) is 5.02 Å². The van der Waals surface area contributed by atoms with Crippen LogP contribution in [0.4, 0.5) is 18.9 Å². The van der Waals surface area contributed by atoms with Crippen LogP contribution in [0.1, 0.15) is 10.4 Å². The van der Waals surface area contributed by atoms with Gasteiger partial charge in [0, 0.05) is 17.3 Å². The summed E-state index contributed by atoms with van der Waals surface area (Å²) < 4.78 is 38.8. The Hall–Kier alpha value is -2.60. The lowest BCUT2D eigenvalue weighted by molar-refractivity contribution is -0.111. The fourth-order valence-corrected chi connectivity index (χ4v) is 1.84. The Balaban J connectivity index is 2.03. The van der Waals surface area contributed by atoms with E-state index >= 15 is 0 Å². The number of hydrogen-bond donors (Lipinski definition) is 1. The first-order chi connectivity index (χ1) is 10.9. The van der Waals surface area contributed by atoms with Crippen molar-refractivity contribution in [2.24, 2.45) is 0 Å². The average Bonchev–Trinajstić information content (AvgIpc) is 2.51. The second kappa shape index (κ2) is 7.11. The molecular formula is C16H9ClF3NO2. The number of hydrogen-bond acceptors (Lipinski definition) is 2. The van der Waals surface area contributed by atoms with Crippen molar-refractivity contribution < 1.29 is 22.8 Å². The summed E-state index contributed by atoms with van der Waals surface area (Å²) in [6.45, 7) is 0. The lowest BCUT2D eigenvalue weighted by atomic mass is 10.1. The van der Waals surface area contributed by atoms with Gasteiger partial charge in [0.05, 0.1) is 5.02 Å². The predicted octanol–water partition coefficient (Wildman–Crippen LogP) is 4.13. The van der Waals surface area contributed by atoms with Crippen molar-refractivity contribution in [3.63, 3.8) is 0 Å². The van der Waals surface area contributed by atoms with Crippen LogP contribution in [0, 0.1) is 17.5 Å². The van der Waals surface area contributed by atoms with Crippen LogP contribution < -0.4 is 5.32 Å². The molecule has 0 saturated heterocycles. The lowest BCUT2D eigenvalue weighted by Gasteiger charge is -2.03. The molecule has 0 aliphatic carbocycles. The first-order valence-electron chi connectivity index (χ1n) is 6.30. The lowest BCUT2D eigenvalue weighted by Crippen LogP contribution is -2.09. The second-order valence-corrected chi connectivity index (χ2v) is 4.85. The van der Waals surface area contributed by atoms with Gasteiger partial charge in [0.2, 0.25) is 5.91 Å². The number of amides is 1. The quantitative estimate of drug-likeness (QED) is 0.672. The van der Waals surface area contributed by atoms with Gasteiger partial charge in [-0.2, -0.15) is 0 Å². The molecular weight excluding hydrogens is 331 g/mol. The monoisotopic (exact) mass is 339 g/mol. The molecule has 0 radical (unpaired) electrons.